The van der Waals surface area contributed by atoms with Gasteiger partial charge < -0.3 is 4.98 Å². The topological polar surface area (TPSA) is 15.8 Å². The minimum atomic E-state index is 1.20. The molecule has 1 N–H and O–H groups in total. The van der Waals surface area contributed by atoms with Gasteiger partial charge in [0.1, 0.15) is 0 Å². The second-order valence-electron chi connectivity index (χ2n) is 9.04. The molecular weight excluding hydrogens is 430 g/mol. The number of nitrogens with one attached hydrogen (secondary N) is 1. The maximum Gasteiger partial charge on any atom is 0.0551 e. The van der Waals surface area contributed by atoms with Crippen LogP contribution in [0, 0.1) is 0 Å². The first-order chi connectivity index (χ1) is 16.8. The molecule has 8 aromatic rings. The molecular formula is C32H19NS. The van der Waals surface area contributed by atoms with Gasteiger partial charge in [-0.2, -0.15) is 0 Å². The number of hydrogen-bond acceptors (Lipinski definition) is 1. The van der Waals surface area contributed by atoms with E-state index in [0.717, 1.165) is 0 Å². The van der Waals surface area contributed by atoms with Crippen LogP contribution in [0.4, 0.5) is 0 Å². The van der Waals surface area contributed by atoms with E-state index in [1.807, 2.05) is 11.3 Å². The Bertz CT molecular complexity index is 2060. The Morgan fingerprint density at radius 3 is 1.94 bits per heavy atom. The van der Waals surface area contributed by atoms with Crippen LogP contribution < -0.4 is 0 Å². The molecule has 2 heterocycles. The molecule has 8 rings (SSSR count). The van der Waals surface area contributed by atoms with E-state index in [1.165, 1.54) is 74.6 Å². The fraction of sp³-hybridized carbons (Fsp3) is 0. The molecule has 0 aliphatic rings. The Labute approximate surface area is 199 Å². The average Bonchev–Trinajstić information content (AvgIpc) is 3.45. The molecule has 0 radical (unpaired) electrons. The lowest BCUT2D eigenvalue weighted by Crippen LogP contribution is -1.80. The van der Waals surface area contributed by atoms with Gasteiger partial charge in [0.05, 0.1) is 5.52 Å². The normalized spacial score (nSPS) is 12.1. The molecule has 158 valence electrons. The van der Waals surface area contributed by atoms with E-state index in [-0.39, 0.29) is 0 Å². The van der Waals surface area contributed by atoms with E-state index in [2.05, 4.69) is 114 Å². The molecule has 34 heavy (non-hydrogen) atoms. The van der Waals surface area contributed by atoms with Gasteiger partial charge in [-0.05, 0) is 51.6 Å². The Morgan fingerprint density at radius 2 is 1.12 bits per heavy atom. The lowest BCUT2D eigenvalue weighted by Gasteiger charge is -2.07. The fourth-order valence-corrected chi connectivity index (χ4v) is 6.74. The summed E-state index contributed by atoms with van der Waals surface area (Å²) in [6, 6.07) is 39.8. The highest BCUT2D eigenvalue weighted by atomic mass is 32.1. The molecule has 0 saturated heterocycles. The summed E-state index contributed by atoms with van der Waals surface area (Å²) in [6.07, 6.45) is 0. The summed E-state index contributed by atoms with van der Waals surface area (Å²) in [4.78, 5) is 3.81. The first-order valence-electron chi connectivity index (χ1n) is 11.6. The lowest BCUT2D eigenvalue weighted by molar-refractivity contribution is 1.58. The molecule has 0 unspecified atom stereocenters. The van der Waals surface area contributed by atoms with Gasteiger partial charge in [-0.3, -0.25) is 0 Å². The summed E-state index contributed by atoms with van der Waals surface area (Å²) >= 11 is 1.89. The second-order valence-corrected chi connectivity index (χ2v) is 10.1. The molecule has 1 nitrogen and oxygen atoms in total. The zero-order valence-electron chi connectivity index (χ0n) is 18.3. The maximum atomic E-state index is 3.81. The lowest BCUT2D eigenvalue weighted by atomic mass is 9.96. The van der Waals surface area contributed by atoms with E-state index in [1.54, 1.807) is 0 Å². The molecule has 0 fully saturated rings. The van der Waals surface area contributed by atoms with E-state index in [0.29, 0.717) is 0 Å². The van der Waals surface area contributed by atoms with Crippen molar-refractivity contribution in [1.29, 1.82) is 0 Å². The summed E-state index contributed by atoms with van der Waals surface area (Å²) in [5.41, 5.74) is 4.96. The number of benzene rings is 6. The second kappa shape index (κ2) is 6.69. The van der Waals surface area contributed by atoms with Crippen molar-refractivity contribution in [3.05, 3.63) is 109 Å². The van der Waals surface area contributed by atoms with Gasteiger partial charge in [0, 0.05) is 41.8 Å². The van der Waals surface area contributed by atoms with Gasteiger partial charge in [-0.15, -0.1) is 11.3 Å². The molecule has 0 aliphatic heterocycles. The molecule has 2 aromatic heterocycles. The van der Waals surface area contributed by atoms with Crippen molar-refractivity contribution in [3.8, 4) is 11.1 Å². The summed E-state index contributed by atoms with van der Waals surface area (Å²) in [6.45, 7) is 0. The summed E-state index contributed by atoms with van der Waals surface area (Å²) in [5, 5.41) is 10.5. The predicted molar refractivity (Wildman–Crippen MR) is 149 cm³/mol. The highest BCUT2D eigenvalue weighted by Gasteiger charge is 2.16. The average molecular weight is 450 g/mol. The third kappa shape index (κ3) is 2.43. The van der Waals surface area contributed by atoms with Crippen LogP contribution in [0.5, 0.6) is 0 Å². The van der Waals surface area contributed by atoms with Gasteiger partial charge in [-0.1, -0.05) is 84.9 Å². The maximum absolute atomic E-state index is 3.81. The van der Waals surface area contributed by atoms with E-state index in [4.69, 9.17) is 0 Å². The number of hydrogen-bond donors (Lipinski definition) is 1. The number of H-pyrrole nitrogens is 1. The van der Waals surface area contributed by atoms with Crippen LogP contribution in [0.25, 0.3) is 74.6 Å². The number of thiophene rings is 1. The van der Waals surface area contributed by atoms with Crippen molar-refractivity contribution in [3.63, 3.8) is 0 Å². The van der Waals surface area contributed by atoms with Crippen molar-refractivity contribution >= 4 is 74.9 Å². The zero-order chi connectivity index (χ0) is 22.2. The van der Waals surface area contributed by atoms with E-state index >= 15 is 0 Å². The Kier molecular flexibility index (Phi) is 3.60. The van der Waals surface area contributed by atoms with Gasteiger partial charge in [0.2, 0.25) is 0 Å². The third-order valence-electron chi connectivity index (χ3n) is 7.18. The van der Waals surface area contributed by atoms with Gasteiger partial charge in [-0.25, -0.2) is 0 Å². The molecule has 0 amide bonds. The Balaban J connectivity index is 1.50. The summed E-state index contributed by atoms with van der Waals surface area (Å²) in [5.74, 6) is 0. The molecule has 0 saturated carbocycles. The first-order valence-corrected chi connectivity index (χ1v) is 12.4. The van der Waals surface area contributed by atoms with Crippen molar-refractivity contribution in [2.24, 2.45) is 0 Å². The van der Waals surface area contributed by atoms with Crippen LogP contribution in [0.3, 0.4) is 0 Å². The van der Waals surface area contributed by atoms with Crippen molar-refractivity contribution in [1.82, 2.24) is 4.98 Å². The first kappa shape index (κ1) is 18.3. The molecule has 0 bridgehead atoms. The highest BCUT2D eigenvalue weighted by Crippen LogP contribution is 2.43. The van der Waals surface area contributed by atoms with Crippen LogP contribution in [0.15, 0.2) is 109 Å². The van der Waals surface area contributed by atoms with Crippen molar-refractivity contribution < 1.29 is 0 Å². The summed E-state index contributed by atoms with van der Waals surface area (Å²) in [7, 11) is 0. The number of fused-ring (bicyclic) bond motifs is 11. The predicted octanol–water partition coefficient (Wildman–Crippen LogP) is 9.66. The van der Waals surface area contributed by atoms with Gasteiger partial charge >= 0.3 is 0 Å². The SMILES string of the molecule is c1ccc(-c2ccc3sc4cc5c(cc4c3c2)[nH]c2c3ccccc3c3ccccc3c52)cc1. The number of rotatable bonds is 1. The standard InChI is InChI=1S/C32H19NS/c1-2-8-19(9-3-1)20-14-15-29-25(16-20)26-17-28-27(18-30(26)34-29)31-23-12-6-4-10-21(23)22-11-5-7-13-24(22)32(31)33-28/h1-18,33H. The minimum absolute atomic E-state index is 1.20. The molecule has 6 aromatic carbocycles. The zero-order valence-corrected chi connectivity index (χ0v) is 19.1. The highest BCUT2D eigenvalue weighted by molar-refractivity contribution is 7.25. The van der Waals surface area contributed by atoms with Crippen LogP contribution in [-0.4, -0.2) is 4.98 Å². The van der Waals surface area contributed by atoms with E-state index < -0.39 is 0 Å². The molecule has 2 heteroatoms. The minimum Gasteiger partial charge on any atom is -0.354 e. The van der Waals surface area contributed by atoms with Crippen molar-refractivity contribution in [2.45, 2.75) is 0 Å². The number of aromatic amines is 1. The molecule has 0 atom stereocenters. The van der Waals surface area contributed by atoms with Crippen LogP contribution in [0.2, 0.25) is 0 Å². The van der Waals surface area contributed by atoms with E-state index in [9.17, 15) is 0 Å². The Morgan fingerprint density at radius 1 is 0.441 bits per heavy atom. The summed E-state index contributed by atoms with van der Waals surface area (Å²) < 4.78 is 2.67. The van der Waals surface area contributed by atoms with Crippen molar-refractivity contribution in [2.75, 3.05) is 0 Å². The third-order valence-corrected chi connectivity index (χ3v) is 8.31. The van der Waals surface area contributed by atoms with Gasteiger partial charge in [0.15, 0.2) is 0 Å². The fourth-order valence-electron chi connectivity index (χ4n) is 5.63. The quantitative estimate of drug-likeness (QED) is 0.240. The number of aromatic nitrogens is 1. The van der Waals surface area contributed by atoms with Gasteiger partial charge in [0.25, 0.3) is 0 Å². The smallest absolute Gasteiger partial charge is 0.0551 e. The molecule has 0 spiro atoms. The van der Waals surface area contributed by atoms with Crippen LogP contribution >= 0.6 is 11.3 Å². The monoisotopic (exact) mass is 449 g/mol. The molecule has 0 aliphatic carbocycles. The van der Waals surface area contributed by atoms with Crippen LogP contribution in [-0.2, 0) is 0 Å². The van der Waals surface area contributed by atoms with Crippen LogP contribution in [0.1, 0.15) is 0 Å². The Hall–Kier alpha value is -4.14. The largest absolute Gasteiger partial charge is 0.354 e.